The minimum atomic E-state index is -3.09. The topological polar surface area (TPSA) is 86.1 Å². The summed E-state index contributed by atoms with van der Waals surface area (Å²) in [6, 6.07) is 7.74. The van der Waals surface area contributed by atoms with Gasteiger partial charge < -0.3 is 10.2 Å². The van der Waals surface area contributed by atoms with E-state index >= 15 is 0 Å². The Morgan fingerprint density at radius 1 is 1.39 bits per heavy atom. The first-order chi connectivity index (χ1) is 13.2. The van der Waals surface area contributed by atoms with Crippen molar-refractivity contribution in [2.75, 3.05) is 13.1 Å². The van der Waals surface area contributed by atoms with Crippen LogP contribution in [0.25, 0.3) is 10.9 Å². The van der Waals surface area contributed by atoms with Crippen LogP contribution in [-0.4, -0.2) is 46.8 Å². The Balaban J connectivity index is 1.76. The molecule has 2 amide bonds. The van der Waals surface area contributed by atoms with Gasteiger partial charge in [-0.15, -0.1) is 0 Å². The van der Waals surface area contributed by atoms with Gasteiger partial charge >= 0.3 is 0 Å². The van der Waals surface area contributed by atoms with E-state index in [1.54, 1.807) is 12.1 Å². The number of nitriles is 1. The predicted molar refractivity (Wildman–Crippen MR) is 98.8 cm³/mol. The van der Waals surface area contributed by atoms with Crippen LogP contribution < -0.4 is 5.32 Å². The average molecular weight is 386 g/mol. The molecule has 0 saturated carbocycles. The number of nitrogens with one attached hydrogen (secondary N) is 1. The molecule has 1 atom stereocenters. The molecule has 1 N–H and O–H groups in total. The molecule has 1 aromatic carbocycles. The summed E-state index contributed by atoms with van der Waals surface area (Å²) in [6.45, 7) is 2.80. The van der Waals surface area contributed by atoms with Crippen molar-refractivity contribution in [1.29, 1.82) is 5.26 Å². The van der Waals surface area contributed by atoms with Crippen molar-refractivity contribution in [2.24, 2.45) is 0 Å². The van der Waals surface area contributed by atoms with Gasteiger partial charge in [0.05, 0.1) is 30.2 Å². The van der Waals surface area contributed by atoms with Crippen LogP contribution in [0, 0.1) is 11.3 Å². The van der Waals surface area contributed by atoms with E-state index in [0.29, 0.717) is 16.5 Å². The molecule has 1 aliphatic heterocycles. The molecular weight excluding hydrogens is 366 g/mol. The van der Waals surface area contributed by atoms with Gasteiger partial charge in [0, 0.05) is 18.0 Å². The van der Waals surface area contributed by atoms with Gasteiger partial charge in [0.1, 0.15) is 6.04 Å². The number of likely N-dealkylation sites (tertiary alicyclic amines) is 1. The van der Waals surface area contributed by atoms with Crippen LogP contribution in [0.15, 0.2) is 30.5 Å². The fourth-order valence-electron chi connectivity index (χ4n) is 3.27. The number of alkyl halides is 2. The Bertz CT molecular complexity index is 968. The minimum absolute atomic E-state index is 0.266. The van der Waals surface area contributed by atoms with Crippen LogP contribution in [0.4, 0.5) is 8.78 Å². The molecule has 146 valence electrons. The zero-order chi connectivity index (χ0) is 20.5. The fraction of sp³-hybridized carbons (Fsp3) is 0.400. The van der Waals surface area contributed by atoms with Crippen LogP contribution in [0.5, 0.6) is 0 Å². The van der Waals surface area contributed by atoms with E-state index in [9.17, 15) is 18.4 Å². The van der Waals surface area contributed by atoms with Crippen molar-refractivity contribution in [3.63, 3.8) is 0 Å². The van der Waals surface area contributed by atoms with Gasteiger partial charge in [-0.3, -0.25) is 14.6 Å². The second kappa shape index (κ2) is 7.50. The Kier molecular flexibility index (Phi) is 5.27. The lowest BCUT2D eigenvalue weighted by Crippen LogP contribution is -2.43. The van der Waals surface area contributed by atoms with Crippen molar-refractivity contribution in [2.45, 2.75) is 38.2 Å². The Morgan fingerprint density at radius 2 is 2.14 bits per heavy atom. The van der Waals surface area contributed by atoms with Gasteiger partial charge in [0.25, 0.3) is 11.8 Å². The Morgan fingerprint density at radius 3 is 2.82 bits per heavy atom. The van der Waals surface area contributed by atoms with Crippen LogP contribution in [0.3, 0.4) is 0 Å². The van der Waals surface area contributed by atoms with E-state index in [0.717, 1.165) is 10.5 Å². The lowest BCUT2D eigenvalue weighted by Gasteiger charge is -2.19. The number of carbonyl (C=O) groups excluding carboxylic acids is 2. The summed E-state index contributed by atoms with van der Waals surface area (Å²) >= 11 is 0. The normalized spacial score (nSPS) is 18.3. The molecule has 1 saturated heterocycles. The van der Waals surface area contributed by atoms with Crippen molar-refractivity contribution in [3.8, 4) is 6.07 Å². The number of nitrogens with zero attached hydrogens (tertiary/aromatic N) is 3. The standard InChI is InChI=1S/C20H20F2N4O2/c1-12(2)13-3-4-17-16(7-13)15(5-6-24-17)19(28)25-10-18(27)26-11-20(21,22)8-14(26)9-23/h3-7,12,14H,8,10-11H2,1-2H3,(H,25,28). The first-order valence-electron chi connectivity index (χ1n) is 8.95. The second-order valence-electron chi connectivity index (χ2n) is 7.20. The zero-order valence-corrected chi connectivity index (χ0v) is 15.6. The molecule has 8 heteroatoms. The third-order valence-electron chi connectivity index (χ3n) is 4.82. The lowest BCUT2D eigenvalue weighted by molar-refractivity contribution is -0.131. The molecule has 2 aromatic rings. The predicted octanol–water partition coefficient (Wildman–Crippen LogP) is 2.85. The van der Waals surface area contributed by atoms with E-state index in [1.807, 2.05) is 32.0 Å². The van der Waals surface area contributed by atoms with Gasteiger partial charge in [-0.2, -0.15) is 5.26 Å². The number of hydrogen-bond donors (Lipinski definition) is 1. The van der Waals surface area contributed by atoms with Crippen molar-refractivity contribution >= 4 is 22.7 Å². The van der Waals surface area contributed by atoms with Crippen molar-refractivity contribution in [1.82, 2.24) is 15.2 Å². The monoisotopic (exact) mass is 386 g/mol. The number of benzene rings is 1. The van der Waals surface area contributed by atoms with Crippen LogP contribution >= 0.6 is 0 Å². The van der Waals surface area contributed by atoms with Gasteiger partial charge in [-0.25, -0.2) is 8.78 Å². The van der Waals surface area contributed by atoms with Gasteiger partial charge in [-0.1, -0.05) is 19.9 Å². The number of rotatable bonds is 4. The van der Waals surface area contributed by atoms with Crippen LogP contribution in [0.1, 0.15) is 42.1 Å². The molecule has 0 aliphatic carbocycles. The smallest absolute Gasteiger partial charge is 0.268 e. The quantitative estimate of drug-likeness (QED) is 0.876. The van der Waals surface area contributed by atoms with Crippen molar-refractivity contribution in [3.05, 3.63) is 41.6 Å². The molecule has 0 radical (unpaired) electrons. The maximum atomic E-state index is 13.5. The number of carbonyl (C=O) groups is 2. The largest absolute Gasteiger partial charge is 0.343 e. The molecule has 1 unspecified atom stereocenters. The van der Waals surface area contributed by atoms with Gasteiger partial charge in [0.15, 0.2) is 0 Å². The van der Waals surface area contributed by atoms with Crippen LogP contribution in [-0.2, 0) is 4.79 Å². The van der Waals surface area contributed by atoms with Crippen molar-refractivity contribution < 1.29 is 18.4 Å². The average Bonchev–Trinajstić information content (AvgIpc) is 2.99. The molecular formula is C20H20F2N4O2. The fourth-order valence-corrected chi connectivity index (χ4v) is 3.27. The molecule has 3 rings (SSSR count). The number of hydrogen-bond acceptors (Lipinski definition) is 4. The van der Waals surface area contributed by atoms with Crippen LogP contribution in [0.2, 0.25) is 0 Å². The highest BCUT2D eigenvalue weighted by atomic mass is 19.3. The minimum Gasteiger partial charge on any atom is -0.343 e. The molecule has 0 spiro atoms. The summed E-state index contributed by atoms with van der Waals surface area (Å²) in [6.07, 6.45) is 0.816. The first kappa shape index (κ1) is 19.7. The number of amides is 2. The summed E-state index contributed by atoms with van der Waals surface area (Å²) in [5, 5.41) is 12.1. The zero-order valence-electron chi connectivity index (χ0n) is 15.6. The highest BCUT2D eigenvalue weighted by molar-refractivity contribution is 6.07. The summed E-state index contributed by atoms with van der Waals surface area (Å²) in [5.74, 6) is -4.03. The molecule has 1 fully saturated rings. The molecule has 2 heterocycles. The number of aromatic nitrogens is 1. The molecule has 1 aliphatic rings. The summed E-state index contributed by atoms with van der Waals surface area (Å²) in [4.78, 5) is 29.9. The lowest BCUT2D eigenvalue weighted by atomic mass is 9.99. The second-order valence-corrected chi connectivity index (χ2v) is 7.20. The third-order valence-corrected chi connectivity index (χ3v) is 4.82. The van der Waals surface area contributed by atoms with E-state index in [-0.39, 0.29) is 5.92 Å². The van der Waals surface area contributed by atoms with Gasteiger partial charge in [0.2, 0.25) is 5.91 Å². The summed E-state index contributed by atoms with van der Waals surface area (Å²) in [7, 11) is 0. The highest BCUT2D eigenvalue weighted by Crippen LogP contribution is 2.31. The summed E-state index contributed by atoms with van der Waals surface area (Å²) in [5.41, 5.74) is 2.04. The first-order valence-corrected chi connectivity index (χ1v) is 8.95. The Hall–Kier alpha value is -3.08. The number of halogens is 2. The third kappa shape index (κ3) is 3.93. The van der Waals surface area contributed by atoms with E-state index in [1.165, 1.54) is 6.20 Å². The van der Waals surface area contributed by atoms with E-state index in [2.05, 4.69) is 10.3 Å². The van der Waals surface area contributed by atoms with E-state index in [4.69, 9.17) is 5.26 Å². The summed E-state index contributed by atoms with van der Waals surface area (Å²) < 4.78 is 27.0. The maximum Gasteiger partial charge on any atom is 0.268 e. The SMILES string of the molecule is CC(C)c1ccc2nccc(C(=O)NCC(=O)N3CC(F)(F)CC3C#N)c2c1. The van der Waals surface area contributed by atoms with Gasteiger partial charge in [-0.05, 0) is 29.7 Å². The Labute approximate surface area is 161 Å². The molecule has 0 bridgehead atoms. The number of pyridine rings is 1. The molecule has 1 aromatic heterocycles. The maximum absolute atomic E-state index is 13.5. The number of fused-ring (bicyclic) bond motifs is 1. The van der Waals surface area contributed by atoms with E-state index < -0.39 is 43.3 Å². The highest BCUT2D eigenvalue weighted by Gasteiger charge is 2.47. The molecule has 6 nitrogen and oxygen atoms in total. The molecule has 28 heavy (non-hydrogen) atoms.